The van der Waals surface area contributed by atoms with Crippen molar-refractivity contribution in [1.82, 2.24) is 9.62 Å². The molecule has 0 bridgehead atoms. The van der Waals surface area contributed by atoms with E-state index in [9.17, 15) is 13.2 Å². The summed E-state index contributed by atoms with van der Waals surface area (Å²) in [5.74, 6) is -0.283. The topological polar surface area (TPSA) is 75.7 Å². The van der Waals surface area contributed by atoms with Crippen LogP contribution in [0.4, 0.5) is 0 Å². The summed E-state index contributed by atoms with van der Waals surface area (Å²) in [6.07, 6.45) is 3.18. The Morgan fingerprint density at radius 3 is 2.56 bits per heavy atom. The zero-order valence-corrected chi connectivity index (χ0v) is 17.3. The number of benzene rings is 1. The van der Waals surface area contributed by atoms with Crippen LogP contribution in [0.2, 0.25) is 10.0 Å². The Kier molecular flexibility index (Phi) is 7.03. The fourth-order valence-corrected chi connectivity index (χ4v) is 5.36. The van der Waals surface area contributed by atoms with E-state index in [4.69, 9.17) is 27.9 Å². The number of amides is 1. The molecule has 2 aliphatic rings. The minimum absolute atomic E-state index is 0.00738. The van der Waals surface area contributed by atoms with E-state index in [2.05, 4.69) is 5.32 Å². The van der Waals surface area contributed by atoms with E-state index in [1.165, 1.54) is 4.31 Å². The van der Waals surface area contributed by atoms with E-state index in [0.29, 0.717) is 48.1 Å². The number of hydrogen-bond donors (Lipinski definition) is 1. The first-order valence-corrected chi connectivity index (χ1v) is 11.5. The Morgan fingerprint density at radius 1 is 1.19 bits per heavy atom. The van der Waals surface area contributed by atoms with E-state index in [0.717, 1.165) is 19.4 Å². The standard InChI is InChI=1S/C18H24Cl2N2O4S/c19-16-4-3-13(10-17(16)20)12-27(24,25)22-7-5-14(6-8-22)18(23)21-11-15-2-1-9-26-15/h3-4,10,14-15H,1-2,5-9,11-12H2,(H,21,23)/t15-/m0/s1. The molecule has 1 amide bonds. The van der Waals surface area contributed by atoms with Crippen LogP contribution in [0.25, 0.3) is 0 Å². The van der Waals surface area contributed by atoms with Crippen molar-refractivity contribution in [1.29, 1.82) is 0 Å². The van der Waals surface area contributed by atoms with Gasteiger partial charge in [-0.05, 0) is 43.4 Å². The zero-order chi connectivity index (χ0) is 19.4. The summed E-state index contributed by atoms with van der Waals surface area (Å²) < 4.78 is 32.3. The fourth-order valence-electron chi connectivity index (χ4n) is 3.49. The van der Waals surface area contributed by atoms with Gasteiger partial charge < -0.3 is 10.1 Å². The monoisotopic (exact) mass is 434 g/mol. The Labute approximate surface area is 170 Å². The van der Waals surface area contributed by atoms with Gasteiger partial charge in [0.15, 0.2) is 0 Å². The third kappa shape index (κ3) is 5.57. The lowest BCUT2D eigenvalue weighted by atomic mass is 9.97. The van der Waals surface area contributed by atoms with Crippen LogP contribution in [0.15, 0.2) is 18.2 Å². The molecule has 0 unspecified atom stereocenters. The maximum atomic E-state index is 12.7. The van der Waals surface area contributed by atoms with Gasteiger partial charge in [-0.25, -0.2) is 12.7 Å². The van der Waals surface area contributed by atoms with Crippen molar-refractivity contribution in [3.8, 4) is 0 Å². The smallest absolute Gasteiger partial charge is 0.223 e. The van der Waals surface area contributed by atoms with E-state index < -0.39 is 10.0 Å². The molecule has 6 nitrogen and oxygen atoms in total. The second-order valence-electron chi connectivity index (χ2n) is 7.06. The second-order valence-corrected chi connectivity index (χ2v) is 9.84. The minimum atomic E-state index is -3.46. The van der Waals surface area contributed by atoms with Crippen LogP contribution in [0.1, 0.15) is 31.2 Å². The average Bonchev–Trinajstić information content (AvgIpc) is 3.16. The summed E-state index contributed by atoms with van der Waals surface area (Å²) in [4.78, 5) is 12.3. The number of sulfonamides is 1. The molecule has 2 saturated heterocycles. The molecule has 3 rings (SSSR count). The third-order valence-electron chi connectivity index (χ3n) is 5.08. The molecule has 0 saturated carbocycles. The number of nitrogens with zero attached hydrogens (tertiary/aromatic N) is 1. The van der Waals surface area contributed by atoms with Crippen LogP contribution in [0, 0.1) is 5.92 Å². The van der Waals surface area contributed by atoms with Gasteiger partial charge in [0.05, 0.1) is 21.9 Å². The summed E-state index contributed by atoms with van der Waals surface area (Å²) in [7, 11) is -3.46. The van der Waals surface area contributed by atoms with Gasteiger partial charge in [0.25, 0.3) is 0 Å². The molecule has 0 aliphatic carbocycles. The molecular weight excluding hydrogens is 411 g/mol. The minimum Gasteiger partial charge on any atom is -0.376 e. The predicted molar refractivity (Wildman–Crippen MR) is 105 cm³/mol. The molecule has 27 heavy (non-hydrogen) atoms. The van der Waals surface area contributed by atoms with Crippen LogP contribution in [-0.4, -0.2) is 51.0 Å². The van der Waals surface area contributed by atoms with Gasteiger partial charge in [-0.3, -0.25) is 4.79 Å². The van der Waals surface area contributed by atoms with Gasteiger partial charge in [0.1, 0.15) is 0 Å². The van der Waals surface area contributed by atoms with Crippen molar-refractivity contribution in [2.75, 3.05) is 26.2 Å². The Bertz CT molecular complexity index is 774. The van der Waals surface area contributed by atoms with E-state index >= 15 is 0 Å². The lowest BCUT2D eigenvalue weighted by Gasteiger charge is -2.30. The van der Waals surface area contributed by atoms with Crippen molar-refractivity contribution in [2.24, 2.45) is 5.92 Å². The number of ether oxygens (including phenoxy) is 1. The molecule has 1 aromatic rings. The van der Waals surface area contributed by atoms with Crippen molar-refractivity contribution in [2.45, 2.75) is 37.5 Å². The highest BCUT2D eigenvalue weighted by Gasteiger charge is 2.31. The number of piperidine rings is 1. The first-order chi connectivity index (χ1) is 12.8. The highest BCUT2D eigenvalue weighted by Crippen LogP contribution is 2.26. The number of carbonyl (C=O) groups excluding carboxylic acids is 1. The van der Waals surface area contributed by atoms with Crippen molar-refractivity contribution in [3.05, 3.63) is 33.8 Å². The van der Waals surface area contributed by atoms with Crippen LogP contribution in [0.5, 0.6) is 0 Å². The largest absolute Gasteiger partial charge is 0.376 e. The van der Waals surface area contributed by atoms with Crippen LogP contribution >= 0.6 is 23.2 Å². The molecule has 0 radical (unpaired) electrons. The lowest BCUT2D eigenvalue weighted by molar-refractivity contribution is -0.126. The van der Waals surface area contributed by atoms with Gasteiger partial charge in [-0.2, -0.15) is 0 Å². The number of halogens is 2. The van der Waals surface area contributed by atoms with E-state index in [-0.39, 0.29) is 23.7 Å². The SMILES string of the molecule is O=C(NC[C@@H]1CCCO1)C1CCN(S(=O)(=O)Cc2ccc(Cl)c(Cl)c2)CC1. The third-order valence-corrected chi connectivity index (χ3v) is 7.67. The number of nitrogens with one attached hydrogen (secondary N) is 1. The fraction of sp³-hybridized carbons (Fsp3) is 0.611. The van der Waals surface area contributed by atoms with Gasteiger partial charge in [0.2, 0.25) is 15.9 Å². The predicted octanol–water partition coefficient (Wildman–Crippen LogP) is 2.83. The lowest BCUT2D eigenvalue weighted by Crippen LogP contribution is -2.44. The molecule has 2 heterocycles. The summed E-state index contributed by atoms with van der Waals surface area (Å²) in [5.41, 5.74) is 0.598. The van der Waals surface area contributed by atoms with Crippen LogP contribution in [0.3, 0.4) is 0 Å². The van der Waals surface area contributed by atoms with Crippen molar-refractivity contribution >= 4 is 39.1 Å². The Morgan fingerprint density at radius 2 is 1.93 bits per heavy atom. The van der Waals surface area contributed by atoms with Crippen LogP contribution < -0.4 is 5.32 Å². The highest BCUT2D eigenvalue weighted by molar-refractivity contribution is 7.88. The molecule has 1 atom stereocenters. The first-order valence-electron chi connectivity index (χ1n) is 9.16. The molecular formula is C18H24Cl2N2O4S. The van der Waals surface area contributed by atoms with E-state index in [1.807, 2.05) is 0 Å². The molecule has 150 valence electrons. The van der Waals surface area contributed by atoms with Gasteiger partial charge >= 0.3 is 0 Å². The van der Waals surface area contributed by atoms with E-state index in [1.54, 1.807) is 18.2 Å². The molecule has 1 aromatic carbocycles. The van der Waals surface area contributed by atoms with Crippen molar-refractivity contribution in [3.63, 3.8) is 0 Å². The molecule has 2 fully saturated rings. The summed E-state index contributed by atoms with van der Waals surface area (Å²) in [6.45, 7) is 1.99. The quantitative estimate of drug-likeness (QED) is 0.746. The maximum absolute atomic E-state index is 12.7. The Balaban J connectivity index is 1.49. The first kappa shape index (κ1) is 20.9. The normalized spacial score (nSPS) is 22.1. The van der Waals surface area contributed by atoms with Crippen molar-refractivity contribution < 1.29 is 17.9 Å². The summed E-state index contributed by atoms with van der Waals surface area (Å²) in [5, 5.41) is 3.68. The number of hydrogen-bond acceptors (Lipinski definition) is 4. The van der Waals surface area contributed by atoms with Gasteiger partial charge in [-0.1, -0.05) is 29.3 Å². The summed E-state index contributed by atoms with van der Waals surface area (Å²) in [6, 6.07) is 4.84. The number of rotatable bonds is 6. The molecule has 9 heteroatoms. The number of carbonyl (C=O) groups is 1. The molecule has 1 N–H and O–H groups in total. The summed E-state index contributed by atoms with van der Waals surface area (Å²) >= 11 is 11.8. The average molecular weight is 435 g/mol. The maximum Gasteiger partial charge on any atom is 0.223 e. The van der Waals surface area contributed by atoms with Gasteiger partial charge in [-0.15, -0.1) is 0 Å². The highest BCUT2D eigenvalue weighted by atomic mass is 35.5. The van der Waals surface area contributed by atoms with Crippen LogP contribution in [-0.2, 0) is 25.3 Å². The second kappa shape index (κ2) is 9.09. The van der Waals surface area contributed by atoms with Gasteiger partial charge in [0, 0.05) is 32.2 Å². The molecule has 2 aliphatic heterocycles. The molecule has 0 spiro atoms. The zero-order valence-electron chi connectivity index (χ0n) is 15.0. The Hall–Kier alpha value is -0.860. The molecule has 0 aromatic heterocycles.